The molecule has 1 aromatic carbocycles. The number of ether oxygens (including phenoxy) is 1. The quantitative estimate of drug-likeness (QED) is 0.744. The van der Waals surface area contributed by atoms with Crippen LogP contribution in [0.2, 0.25) is 0 Å². The summed E-state index contributed by atoms with van der Waals surface area (Å²) in [4.78, 5) is 0. The number of nitrogens with one attached hydrogen (secondary N) is 3. The Kier molecular flexibility index (Phi) is 5.12. The minimum atomic E-state index is 0.157. The molecular formula is C19H27N5O. The summed E-state index contributed by atoms with van der Waals surface area (Å²) in [6.07, 6.45) is 3.11. The lowest BCUT2D eigenvalue weighted by atomic mass is 9.94. The minimum absolute atomic E-state index is 0.157. The Balaban J connectivity index is 1.32. The molecular weight excluding hydrogens is 314 g/mol. The lowest BCUT2D eigenvalue weighted by Gasteiger charge is -2.22. The second kappa shape index (κ2) is 7.66. The van der Waals surface area contributed by atoms with Crippen LogP contribution in [-0.2, 0) is 11.8 Å². The molecule has 0 amide bonds. The molecule has 0 spiro atoms. The molecule has 134 valence electrons. The highest BCUT2D eigenvalue weighted by molar-refractivity contribution is 5.20. The van der Waals surface area contributed by atoms with Gasteiger partial charge in [0.05, 0.1) is 11.7 Å². The predicted molar refractivity (Wildman–Crippen MR) is 96.7 cm³/mol. The Morgan fingerprint density at radius 2 is 2.04 bits per heavy atom. The number of hydrazine groups is 1. The van der Waals surface area contributed by atoms with E-state index in [-0.39, 0.29) is 6.10 Å². The molecule has 3 heterocycles. The first-order chi connectivity index (χ1) is 12.3. The number of benzene rings is 1. The van der Waals surface area contributed by atoms with E-state index < -0.39 is 0 Å². The highest BCUT2D eigenvalue weighted by Gasteiger charge is 2.32. The van der Waals surface area contributed by atoms with Crippen molar-refractivity contribution >= 4 is 0 Å². The SMILES string of the molecule is Cn1nccc1[C@@H]1OCC[C@H]1CNCC1CNNC1c1ccccc1. The third kappa shape index (κ3) is 3.62. The van der Waals surface area contributed by atoms with Crippen molar-refractivity contribution < 1.29 is 4.74 Å². The van der Waals surface area contributed by atoms with Crippen LogP contribution in [0, 0.1) is 11.8 Å². The summed E-state index contributed by atoms with van der Waals surface area (Å²) in [6, 6.07) is 13.1. The molecule has 0 saturated carbocycles. The van der Waals surface area contributed by atoms with Gasteiger partial charge in [-0.1, -0.05) is 30.3 Å². The second-order valence-electron chi connectivity index (χ2n) is 7.05. The first-order valence-electron chi connectivity index (χ1n) is 9.16. The smallest absolute Gasteiger partial charge is 0.103 e. The van der Waals surface area contributed by atoms with Gasteiger partial charge < -0.3 is 10.1 Å². The monoisotopic (exact) mass is 341 g/mol. The zero-order valence-electron chi connectivity index (χ0n) is 14.7. The molecule has 3 N–H and O–H groups in total. The van der Waals surface area contributed by atoms with Gasteiger partial charge in [0.25, 0.3) is 0 Å². The van der Waals surface area contributed by atoms with Crippen LogP contribution in [-0.4, -0.2) is 36.0 Å². The van der Waals surface area contributed by atoms with E-state index in [1.54, 1.807) is 0 Å². The van der Waals surface area contributed by atoms with E-state index in [1.807, 2.05) is 17.9 Å². The maximum absolute atomic E-state index is 5.98. The maximum atomic E-state index is 5.98. The number of aromatic nitrogens is 2. The van der Waals surface area contributed by atoms with E-state index in [0.29, 0.717) is 17.9 Å². The number of rotatable bonds is 6. The molecule has 2 saturated heterocycles. The molecule has 0 aliphatic carbocycles. The van der Waals surface area contributed by atoms with Crippen LogP contribution in [0.5, 0.6) is 0 Å². The van der Waals surface area contributed by atoms with Crippen LogP contribution in [0.1, 0.15) is 29.8 Å². The van der Waals surface area contributed by atoms with Crippen molar-refractivity contribution in [1.29, 1.82) is 0 Å². The fourth-order valence-electron chi connectivity index (χ4n) is 4.03. The number of nitrogens with zero attached hydrogens (tertiary/aromatic N) is 2. The summed E-state index contributed by atoms with van der Waals surface area (Å²) in [5, 5.41) is 7.97. The molecule has 2 aromatic rings. The van der Waals surface area contributed by atoms with E-state index in [9.17, 15) is 0 Å². The van der Waals surface area contributed by atoms with Gasteiger partial charge >= 0.3 is 0 Å². The summed E-state index contributed by atoms with van der Waals surface area (Å²) < 4.78 is 7.91. The summed E-state index contributed by atoms with van der Waals surface area (Å²) in [5.41, 5.74) is 9.25. The Morgan fingerprint density at radius 1 is 1.20 bits per heavy atom. The normalized spacial score (nSPS) is 29.3. The van der Waals surface area contributed by atoms with Gasteiger partial charge in [0.15, 0.2) is 0 Å². The first-order valence-corrected chi connectivity index (χ1v) is 9.16. The Morgan fingerprint density at radius 3 is 2.84 bits per heavy atom. The third-order valence-corrected chi connectivity index (χ3v) is 5.43. The zero-order valence-corrected chi connectivity index (χ0v) is 14.7. The lowest BCUT2D eigenvalue weighted by Crippen LogP contribution is -2.32. The predicted octanol–water partition coefficient (Wildman–Crippen LogP) is 1.55. The Bertz CT molecular complexity index is 673. The van der Waals surface area contributed by atoms with Gasteiger partial charge in [0, 0.05) is 51.3 Å². The van der Waals surface area contributed by atoms with Gasteiger partial charge in [0.2, 0.25) is 0 Å². The standard InChI is InChI=1S/C19H27N5O/c1-24-17(7-9-22-24)19-15(8-10-25-19)11-20-12-16-13-21-23-18(16)14-5-3-2-4-6-14/h2-7,9,15-16,18-21,23H,8,10-13H2,1H3/t15-,16?,18?,19+/m0/s1. The third-order valence-electron chi connectivity index (χ3n) is 5.43. The van der Waals surface area contributed by atoms with Crippen LogP contribution in [0.15, 0.2) is 42.6 Å². The van der Waals surface area contributed by atoms with Crippen LogP contribution < -0.4 is 16.2 Å². The van der Waals surface area contributed by atoms with Crippen molar-refractivity contribution in [2.75, 3.05) is 26.2 Å². The molecule has 25 heavy (non-hydrogen) atoms. The highest BCUT2D eigenvalue weighted by Crippen LogP contribution is 2.33. The Labute approximate surface area is 148 Å². The molecule has 0 radical (unpaired) electrons. The summed E-state index contributed by atoms with van der Waals surface area (Å²) in [6.45, 7) is 3.79. The van der Waals surface area contributed by atoms with Crippen molar-refractivity contribution in [3.8, 4) is 0 Å². The largest absolute Gasteiger partial charge is 0.372 e. The van der Waals surface area contributed by atoms with Crippen molar-refractivity contribution in [1.82, 2.24) is 25.9 Å². The fourth-order valence-corrected chi connectivity index (χ4v) is 4.03. The number of hydrogen-bond donors (Lipinski definition) is 3. The van der Waals surface area contributed by atoms with Crippen molar-refractivity contribution in [3.05, 3.63) is 53.9 Å². The molecule has 2 aliphatic rings. The Hall–Kier alpha value is -1.73. The molecule has 1 aromatic heterocycles. The lowest BCUT2D eigenvalue weighted by molar-refractivity contribution is 0.0836. The van der Waals surface area contributed by atoms with Gasteiger partial charge in [-0.05, 0) is 18.1 Å². The van der Waals surface area contributed by atoms with Gasteiger partial charge in [0.1, 0.15) is 6.10 Å². The average molecular weight is 341 g/mol. The van der Waals surface area contributed by atoms with Gasteiger partial charge in [-0.15, -0.1) is 0 Å². The van der Waals surface area contributed by atoms with Gasteiger partial charge in [-0.2, -0.15) is 5.10 Å². The zero-order chi connectivity index (χ0) is 17.1. The van der Waals surface area contributed by atoms with E-state index in [2.05, 4.69) is 57.7 Å². The topological polar surface area (TPSA) is 63.1 Å². The molecule has 6 nitrogen and oxygen atoms in total. The van der Waals surface area contributed by atoms with Gasteiger partial charge in [-0.3, -0.25) is 10.1 Å². The highest BCUT2D eigenvalue weighted by atomic mass is 16.5. The van der Waals surface area contributed by atoms with Crippen LogP contribution >= 0.6 is 0 Å². The number of aryl methyl sites for hydroxylation is 1. The van der Waals surface area contributed by atoms with Crippen LogP contribution in [0.25, 0.3) is 0 Å². The summed E-state index contributed by atoms with van der Waals surface area (Å²) in [7, 11) is 1.99. The molecule has 6 heteroatoms. The first kappa shape index (κ1) is 16.7. The molecule has 2 fully saturated rings. The van der Waals surface area contributed by atoms with E-state index in [1.165, 1.54) is 11.3 Å². The van der Waals surface area contributed by atoms with Crippen molar-refractivity contribution in [3.63, 3.8) is 0 Å². The van der Waals surface area contributed by atoms with Crippen molar-refractivity contribution in [2.45, 2.75) is 18.6 Å². The summed E-state index contributed by atoms with van der Waals surface area (Å²) >= 11 is 0. The maximum Gasteiger partial charge on any atom is 0.103 e. The van der Waals surface area contributed by atoms with E-state index in [4.69, 9.17) is 4.74 Å². The number of hydrogen-bond acceptors (Lipinski definition) is 5. The van der Waals surface area contributed by atoms with E-state index in [0.717, 1.165) is 32.7 Å². The van der Waals surface area contributed by atoms with Crippen molar-refractivity contribution in [2.24, 2.45) is 18.9 Å². The fraction of sp³-hybridized carbons (Fsp3) is 0.526. The molecule has 4 rings (SSSR count). The minimum Gasteiger partial charge on any atom is -0.372 e. The average Bonchev–Trinajstić information content (AvgIpc) is 3.36. The molecule has 2 aliphatic heterocycles. The van der Waals surface area contributed by atoms with E-state index >= 15 is 0 Å². The van der Waals surface area contributed by atoms with Crippen LogP contribution in [0.4, 0.5) is 0 Å². The van der Waals surface area contributed by atoms with Gasteiger partial charge in [-0.25, -0.2) is 5.43 Å². The van der Waals surface area contributed by atoms with Crippen LogP contribution in [0.3, 0.4) is 0 Å². The molecule has 4 atom stereocenters. The molecule has 0 bridgehead atoms. The second-order valence-corrected chi connectivity index (χ2v) is 7.05. The molecule has 2 unspecified atom stereocenters. The summed E-state index contributed by atoms with van der Waals surface area (Å²) in [5.74, 6) is 1.05.